The second-order valence-electron chi connectivity index (χ2n) is 7.81. The maximum Gasteiger partial charge on any atom is 0.296 e. The number of Topliss-reactive ketones (excluding diaryl/α,β-unsaturated/α-hetero) is 1. The minimum atomic E-state index is -0.937. The Morgan fingerprint density at radius 1 is 1.18 bits per heavy atom. The molecule has 3 heterocycles. The molecule has 8 heteroatoms. The lowest BCUT2D eigenvalue weighted by atomic mass is 9.94. The molecule has 0 radical (unpaired) electrons. The van der Waals surface area contributed by atoms with Crippen LogP contribution in [0.15, 0.2) is 70.5 Å². The first-order valence-corrected chi connectivity index (χ1v) is 11.1. The van der Waals surface area contributed by atoms with E-state index >= 15 is 0 Å². The number of aliphatic hydroxyl groups is 1. The summed E-state index contributed by atoms with van der Waals surface area (Å²) in [5.74, 6) is -1.39. The first-order valence-electron chi connectivity index (χ1n) is 10.3. The quantitative estimate of drug-likeness (QED) is 0.407. The molecule has 0 bridgehead atoms. The van der Waals surface area contributed by atoms with E-state index < -0.39 is 23.5 Å². The number of rotatable bonds is 5. The van der Waals surface area contributed by atoms with Crippen LogP contribution in [0.4, 0.5) is 5.13 Å². The molecule has 1 aliphatic rings. The Hall–Kier alpha value is -3.91. The number of aromatic nitrogens is 1. The predicted molar refractivity (Wildman–Crippen MR) is 125 cm³/mol. The van der Waals surface area contributed by atoms with Gasteiger partial charge in [0.05, 0.1) is 29.2 Å². The summed E-state index contributed by atoms with van der Waals surface area (Å²) in [7, 11) is 1.52. The number of aliphatic hydroxyl groups excluding tert-OH is 1. The average molecular weight is 461 g/mol. The molecule has 0 saturated carbocycles. The van der Waals surface area contributed by atoms with Crippen LogP contribution >= 0.6 is 11.3 Å². The van der Waals surface area contributed by atoms with Crippen molar-refractivity contribution >= 4 is 38.4 Å². The number of hydrogen-bond acceptors (Lipinski definition) is 7. The zero-order valence-electron chi connectivity index (χ0n) is 18.2. The van der Waals surface area contributed by atoms with Crippen LogP contribution in [-0.4, -0.2) is 28.9 Å². The summed E-state index contributed by atoms with van der Waals surface area (Å²) in [5.41, 5.74) is 3.32. The third-order valence-electron chi connectivity index (χ3n) is 5.66. The van der Waals surface area contributed by atoms with Crippen molar-refractivity contribution in [3.8, 4) is 5.75 Å². The highest BCUT2D eigenvalue weighted by Crippen LogP contribution is 2.46. The number of ether oxygens (including phenoxy) is 1. The van der Waals surface area contributed by atoms with Crippen LogP contribution in [0.2, 0.25) is 0 Å². The Bertz CT molecular complexity index is 1430. The number of anilines is 1. The molecule has 5 rings (SSSR count). The van der Waals surface area contributed by atoms with Crippen molar-refractivity contribution in [1.29, 1.82) is 0 Å². The lowest BCUT2D eigenvalue weighted by molar-refractivity contribution is -0.117. The summed E-state index contributed by atoms with van der Waals surface area (Å²) >= 11 is 1.33. The highest BCUT2D eigenvalue weighted by Gasteiger charge is 2.47. The van der Waals surface area contributed by atoms with Crippen molar-refractivity contribution < 1.29 is 23.8 Å². The smallest absolute Gasteiger partial charge is 0.296 e. The summed E-state index contributed by atoms with van der Waals surface area (Å²) in [6.45, 7) is 3.96. The van der Waals surface area contributed by atoms with E-state index in [1.54, 1.807) is 30.3 Å². The third kappa shape index (κ3) is 3.30. The summed E-state index contributed by atoms with van der Waals surface area (Å²) in [6.07, 6.45) is 1.37. The van der Waals surface area contributed by atoms with Crippen LogP contribution < -0.4 is 9.64 Å². The van der Waals surface area contributed by atoms with Crippen molar-refractivity contribution in [3.05, 3.63) is 88.6 Å². The SMILES string of the molecule is COc1ccccc1[C@@H]1C(C(=O)c2ccco2)=C(O)C(=O)N1c1nc2c(C)cc(C)cc2s1. The van der Waals surface area contributed by atoms with Crippen molar-refractivity contribution in [2.45, 2.75) is 19.9 Å². The molecule has 0 fully saturated rings. The topological polar surface area (TPSA) is 92.9 Å². The second kappa shape index (κ2) is 7.90. The maximum atomic E-state index is 13.4. The van der Waals surface area contributed by atoms with E-state index in [-0.39, 0.29) is 11.3 Å². The molecule has 1 amide bonds. The number of hydrogen-bond donors (Lipinski definition) is 1. The average Bonchev–Trinajstić information content (AvgIpc) is 3.52. The molecule has 1 aliphatic heterocycles. The van der Waals surface area contributed by atoms with E-state index in [0.717, 1.165) is 21.3 Å². The van der Waals surface area contributed by atoms with E-state index in [2.05, 4.69) is 0 Å². The monoisotopic (exact) mass is 460 g/mol. The van der Waals surface area contributed by atoms with Crippen LogP contribution in [0.5, 0.6) is 5.75 Å². The number of amides is 1. The van der Waals surface area contributed by atoms with Gasteiger partial charge in [-0.25, -0.2) is 4.98 Å². The molecule has 1 atom stereocenters. The number of benzene rings is 2. The van der Waals surface area contributed by atoms with Crippen molar-refractivity contribution in [2.75, 3.05) is 12.0 Å². The van der Waals surface area contributed by atoms with Gasteiger partial charge in [0.2, 0.25) is 5.78 Å². The molecule has 0 aliphatic carbocycles. The zero-order valence-corrected chi connectivity index (χ0v) is 19.0. The van der Waals surface area contributed by atoms with Gasteiger partial charge in [-0.05, 0) is 49.2 Å². The number of aryl methyl sites for hydroxylation is 2. The molecule has 1 N–H and O–H groups in total. The molecule has 166 valence electrons. The molecule has 7 nitrogen and oxygen atoms in total. The maximum absolute atomic E-state index is 13.4. The number of nitrogens with zero attached hydrogens (tertiary/aromatic N) is 2. The molecule has 0 saturated heterocycles. The number of methoxy groups -OCH3 is 1. The van der Waals surface area contributed by atoms with E-state index in [4.69, 9.17) is 14.1 Å². The van der Waals surface area contributed by atoms with E-state index in [0.29, 0.717) is 16.4 Å². The number of para-hydroxylation sites is 1. The Balaban J connectivity index is 1.73. The first kappa shape index (κ1) is 21.0. The van der Waals surface area contributed by atoms with E-state index in [1.807, 2.05) is 26.0 Å². The molecular weight excluding hydrogens is 440 g/mol. The number of thiazole rings is 1. The number of ketones is 1. The van der Waals surface area contributed by atoms with Crippen molar-refractivity contribution in [2.24, 2.45) is 0 Å². The van der Waals surface area contributed by atoms with Gasteiger partial charge in [-0.15, -0.1) is 0 Å². The summed E-state index contributed by atoms with van der Waals surface area (Å²) in [6, 6.07) is 13.3. The van der Waals surface area contributed by atoms with E-state index in [9.17, 15) is 14.7 Å². The van der Waals surface area contributed by atoms with E-state index in [1.165, 1.54) is 35.7 Å². The molecule has 33 heavy (non-hydrogen) atoms. The number of fused-ring (bicyclic) bond motifs is 1. The van der Waals surface area contributed by atoms with Crippen LogP contribution in [-0.2, 0) is 4.79 Å². The minimum Gasteiger partial charge on any atom is -0.503 e. The van der Waals surface area contributed by atoms with Crippen LogP contribution in [0.3, 0.4) is 0 Å². The number of carbonyl (C=O) groups excluding carboxylic acids is 2. The van der Waals surface area contributed by atoms with Gasteiger partial charge >= 0.3 is 0 Å². The van der Waals surface area contributed by atoms with Crippen molar-refractivity contribution in [1.82, 2.24) is 4.98 Å². The minimum absolute atomic E-state index is 0.0295. The fourth-order valence-corrected chi connectivity index (χ4v) is 5.39. The highest BCUT2D eigenvalue weighted by molar-refractivity contribution is 7.22. The molecule has 4 aromatic rings. The van der Waals surface area contributed by atoms with Gasteiger partial charge in [0.15, 0.2) is 16.7 Å². The summed E-state index contributed by atoms with van der Waals surface area (Å²) in [5, 5.41) is 11.3. The Labute approximate surface area is 193 Å². The number of carbonyl (C=O) groups is 2. The molecular formula is C25H20N2O5S. The molecule has 0 spiro atoms. The fourth-order valence-electron chi connectivity index (χ4n) is 4.22. The first-order chi connectivity index (χ1) is 15.9. The second-order valence-corrected chi connectivity index (χ2v) is 8.82. The highest BCUT2D eigenvalue weighted by atomic mass is 32.1. The lowest BCUT2D eigenvalue weighted by Crippen LogP contribution is -2.31. The molecule has 2 aromatic carbocycles. The van der Waals surface area contributed by atoms with Gasteiger partial charge in [-0.3, -0.25) is 14.5 Å². The Morgan fingerprint density at radius 2 is 1.97 bits per heavy atom. The summed E-state index contributed by atoms with van der Waals surface area (Å²) in [4.78, 5) is 32.8. The lowest BCUT2D eigenvalue weighted by Gasteiger charge is -2.25. The number of furan rings is 1. The Kier molecular flexibility index (Phi) is 5.02. The Morgan fingerprint density at radius 3 is 2.70 bits per heavy atom. The molecule has 0 unspecified atom stereocenters. The predicted octanol–water partition coefficient (Wildman–Crippen LogP) is 5.30. The summed E-state index contributed by atoms with van der Waals surface area (Å²) < 4.78 is 11.7. The third-order valence-corrected chi connectivity index (χ3v) is 6.66. The molecule has 2 aromatic heterocycles. The zero-order chi connectivity index (χ0) is 23.3. The largest absolute Gasteiger partial charge is 0.503 e. The van der Waals surface area contributed by atoms with Gasteiger partial charge < -0.3 is 14.3 Å². The van der Waals surface area contributed by atoms with Gasteiger partial charge in [0.25, 0.3) is 5.91 Å². The standard InChI is InChI=1S/C25H20N2O5S/c1-13-11-14(2)20-18(12-13)33-25(26-20)27-21(15-7-4-5-8-16(15)31-3)19(23(29)24(27)30)22(28)17-9-6-10-32-17/h4-12,21,29H,1-3H3/t21-/m1/s1. The van der Waals surface area contributed by atoms with Crippen LogP contribution in [0, 0.1) is 13.8 Å². The van der Waals surface area contributed by atoms with Gasteiger partial charge in [0.1, 0.15) is 11.8 Å². The van der Waals surface area contributed by atoms with Crippen LogP contribution in [0.1, 0.15) is 33.3 Å². The fraction of sp³-hybridized carbons (Fsp3) is 0.160. The van der Waals surface area contributed by atoms with Gasteiger partial charge in [0, 0.05) is 5.56 Å². The van der Waals surface area contributed by atoms with Gasteiger partial charge in [-0.1, -0.05) is 35.6 Å². The van der Waals surface area contributed by atoms with Crippen LogP contribution in [0.25, 0.3) is 10.2 Å². The normalized spacial score (nSPS) is 16.2. The van der Waals surface area contributed by atoms with Crippen molar-refractivity contribution in [3.63, 3.8) is 0 Å². The van der Waals surface area contributed by atoms with Gasteiger partial charge in [-0.2, -0.15) is 0 Å².